The van der Waals surface area contributed by atoms with E-state index < -0.39 is 11.4 Å². The Labute approximate surface area is 163 Å². The van der Waals surface area contributed by atoms with E-state index >= 15 is 0 Å². The van der Waals surface area contributed by atoms with E-state index in [9.17, 15) is 9.18 Å². The molecule has 0 aromatic carbocycles. The Hall–Kier alpha value is -2.07. The number of carbonyl (C=O) groups is 1. The second-order valence-electron chi connectivity index (χ2n) is 8.29. The molecule has 1 aliphatic heterocycles. The molecule has 1 aromatic heterocycles. The number of carbonyl (C=O) groups excluding carboxylic acids is 1. The Kier molecular flexibility index (Phi) is 4.98. The van der Waals surface area contributed by atoms with Crippen molar-refractivity contribution in [3.05, 3.63) is 22.6 Å². The van der Waals surface area contributed by atoms with Crippen LogP contribution in [0.3, 0.4) is 0 Å². The van der Waals surface area contributed by atoms with Gasteiger partial charge in [-0.3, -0.25) is 4.90 Å². The SMILES string of the molecule is CN(c1nc(Cl)c(C#N)cc1F)[C@@H]1CCCC[C@@]12CN2C(=O)OC(C)(C)C. The first-order valence-electron chi connectivity index (χ1n) is 9.08. The number of nitriles is 1. The van der Waals surface area contributed by atoms with Crippen LogP contribution in [0.4, 0.5) is 15.0 Å². The average Bonchev–Trinajstić information content (AvgIpc) is 3.29. The van der Waals surface area contributed by atoms with Gasteiger partial charge in [-0.2, -0.15) is 5.26 Å². The molecule has 0 unspecified atom stereocenters. The molecule has 3 rings (SSSR count). The topological polar surface area (TPSA) is 69.2 Å². The van der Waals surface area contributed by atoms with E-state index in [1.54, 1.807) is 16.8 Å². The predicted molar refractivity (Wildman–Crippen MR) is 100 cm³/mol. The van der Waals surface area contributed by atoms with Gasteiger partial charge < -0.3 is 9.64 Å². The summed E-state index contributed by atoms with van der Waals surface area (Å²) in [4.78, 5) is 20.1. The number of ether oxygens (including phenoxy) is 1. The summed E-state index contributed by atoms with van der Waals surface area (Å²) in [6.07, 6.45) is 3.31. The van der Waals surface area contributed by atoms with E-state index in [0.29, 0.717) is 6.54 Å². The number of amides is 1. The Balaban J connectivity index is 1.86. The van der Waals surface area contributed by atoms with Gasteiger partial charge in [0.2, 0.25) is 0 Å². The van der Waals surface area contributed by atoms with Crippen molar-refractivity contribution >= 4 is 23.5 Å². The monoisotopic (exact) mass is 394 g/mol. The number of hydrogen-bond donors (Lipinski definition) is 0. The molecule has 1 saturated heterocycles. The minimum absolute atomic E-state index is 0.00600. The van der Waals surface area contributed by atoms with Gasteiger partial charge in [-0.1, -0.05) is 24.4 Å². The largest absolute Gasteiger partial charge is 0.444 e. The molecule has 2 atom stereocenters. The molecule has 2 fully saturated rings. The molecule has 146 valence electrons. The van der Waals surface area contributed by atoms with Crippen LogP contribution < -0.4 is 4.90 Å². The number of anilines is 1. The number of likely N-dealkylation sites (N-methyl/N-ethyl adjacent to an activating group) is 1. The lowest BCUT2D eigenvalue weighted by molar-refractivity contribution is 0.0356. The summed E-state index contributed by atoms with van der Waals surface area (Å²) >= 11 is 6.01. The van der Waals surface area contributed by atoms with Crippen molar-refractivity contribution in [3.8, 4) is 6.07 Å². The Morgan fingerprint density at radius 1 is 1.52 bits per heavy atom. The van der Waals surface area contributed by atoms with Gasteiger partial charge >= 0.3 is 6.09 Å². The summed E-state index contributed by atoms with van der Waals surface area (Å²) in [5.74, 6) is -0.495. The van der Waals surface area contributed by atoms with E-state index in [0.717, 1.165) is 31.7 Å². The first-order valence-corrected chi connectivity index (χ1v) is 9.46. The minimum Gasteiger partial charge on any atom is -0.444 e. The van der Waals surface area contributed by atoms with Crippen molar-refractivity contribution in [2.45, 2.75) is 63.6 Å². The Bertz CT molecular complexity index is 804. The summed E-state index contributed by atoms with van der Waals surface area (Å²) in [7, 11) is 1.76. The molecule has 1 spiro atoms. The van der Waals surface area contributed by atoms with Gasteiger partial charge in [0.05, 0.1) is 23.7 Å². The number of hydrogen-bond acceptors (Lipinski definition) is 5. The highest BCUT2D eigenvalue weighted by molar-refractivity contribution is 6.30. The van der Waals surface area contributed by atoms with Crippen molar-refractivity contribution in [1.82, 2.24) is 9.88 Å². The number of pyridine rings is 1. The van der Waals surface area contributed by atoms with E-state index in [1.165, 1.54) is 0 Å². The van der Waals surface area contributed by atoms with E-state index in [-0.39, 0.29) is 34.2 Å². The first-order chi connectivity index (χ1) is 12.6. The maximum atomic E-state index is 14.6. The van der Waals surface area contributed by atoms with Gasteiger partial charge in [-0.05, 0) is 39.7 Å². The molecule has 1 amide bonds. The predicted octanol–water partition coefficient (Wildman–Crippen LogP) is 4.11. The quantitative estimate of drug-likeness (QED) is 0.557. The Morgan fingerprint density at radius 3 is 2.85 bits per heavy atom. The smallest absolute Gasteiger partial charge is 0.410 e. The molecule has 8 heteroatoms. The third-order valence-corrected chi connectivity index (χ3v) is 5.56. The third kappa shape index (κ3) is 3.68. The number of halogens is 2. The molecule has 0 radical (unpaired) electrons. The fourth-order valence-electron chi connectivity index (χ4n) is 3.99. The average molecular weight is 395 g/mol. The van der Waals surface area contributed by atoms with Gasteiger partial charge in [-0.25, -0.2) is 14.2 Å². The lowest BCUT2D eigenvalue weighted by atomic mass is 9.83. The number of aromatic nitrogens is 1. The van der Waals surface area contributed by atoms with E-state index in [2.05, 4.69) is 4.98 Å². The molecule has 1 aromatic rings. The van der Waals surface area contributed by atoms with Gasteiger partial charge in [0, 0.05) is 7.05 Å². The number of nitrogens with zero attached hydrogens (tertiary/aromatic N) is 4. The lowest BCUT2D eigenvalue weighted by Gasteiger charge is -2.39. The second-order valence-corrected chi connectivity index (χ2v) is 8.64. The van der Waals surface area contributed by atoms with Crippen LogP contribution in [0.25, 0.3) is 0 Å². The lowest BCUT2D eigenvalue weighted by Crippen LogP contribution is -2.50. The highest BCUT2D eigenvalue weighted by Crippen LogP contribution is 2.48. The summed E-state index contributed by atoms with van der Waals surface area (Å²) in [5.41, 5.74) is -0.929. The van der Waals surface area contributed by atoms with Crippen molar-refractivity contribution in [1.29, 1.82) is 5.26 Å². The highest BCUT2D eigenvalue weighted by Gasteiger charge is 2.62. The van der Waals surface area contributed by atoms with Crippen LogP contribution in [-0.4, -0.2) is 46.8 Å². The summed E-state index contributed by atoms with van der Waals surface area (Å²) < 4.78 is 20.1. The van der Waals surface area contributed by atoms with Gasteiger partial charge in [0.1, 0.15) is 16.8 Å². The third-order valence-electron chi connectivity index (χ3n) is 5.27. The van der Waals surface area contributed by atoms with Crippen LogP contribution in [0.1, 0.15) is 52.0 Å². The molecule has 27 heavy (non-hydrogen) atoms. The molecular formula is C19H24ClFN4O2. The first kappa shape index (κ1) is 19.7. The minimum atomic E-state index is -0.594. The molecule has 0 N–H and O–H groups in total. The normalized spacial score (nSPS) is 24.5. The fraction of sp³-hybridized carbons (Fsp3) is 0.632. The highest BCUT2D eigenvalue weighted by atomic mass is 35.5. The summed E-state index contributed by atoms with van der Waals surface area (Å²) in [5, 5.41) is 8.97. The van der Waals surface area contributed by atoms with Crippen molar-refractivity contribution in [3.63, 3.8) is 0 Å². The van der Waals surface area contributed by atoms with Gasteiger partial charge in [0.15, 0.2) is 11.6 Å². The molecule has 1 aliphatic carbocycles. The van der Waals surface area contributed by atoms with Crippen molar-refractivity contribution in [2.75, 3.05) is 18.5 Å². The van der Waals surface area contributed by atoms with Crippen LogP contribution in [0, 0.1) is 17.1 Å². The summed E-state index contributed by atoms with van der Waals surface area (Å²) in [6, 6.07) is 2.85. The van der Waals surface area contributed by atoms with Crippen LogP contribution in [0.15, 0.2) is 6.07 Å². The zero-order valence-corrected chi connectivity index (χ0v) is 16.8. The molecule has 2 heterocycles. The standard InChI is InChI=1S/C19H24ClFN4O2/c1-18(2,3)27-17(26)25-11-19(25)8-6-5-7-14(19)24(4)16-13(21)9-12(10-22)15(20)23-16/h9,14H,5-8,11H2,1-4H3/t14-,19-,25?/m1/s1. The van der Waals surface area contributed by atoms with Crippen LogP contribution in [0.2, 0.25) is 5.15 Å². The molecule has 6 nitrogen and oxygen atoms in total. The zero-order chi connectivity index (χ0) is 20.0. The van der Waals surface area contributed by atoms with E-state index in [4.69, 9.17) is 21.6 Å². The maximum absolute atomic E-state index is 14.6. The Morgan fingerprint density at radius 2 is 2.22 bits per heavy atom. The van der Waals surface area contributed by atoms with E-state index in [1.807, 2.05) is 26.8 Å². The molecule has 1 saturated carbocycles. The van der Waals surface area contributed by atoms with Crippen LogP contribution >= 0.6 is 11.6 Å². The second kappa shape index (κ2) is 6.83. The van der Waals surface area contributed by atoms with Gasteiger partial charge in [-0.15, -0.1) is 0 Å². The maximum Gasteiger partial charge on any atom is 0.410 e. The van der Waals surface area contributed by atoms with Crippen LogP contribution in [-0.2, 0) is 4.74 Å². The number of rotatable bonds is 2. The molecule has 0 bridgehead atoms. The van der Waals surface area contributed by atoms with Gasteiger partial charge in [0.25, 0.3) is 0 Å². The molecule has 2 aliphatic rings. The fourth-order valence-corrected chi connectivity index (χ4v) is 4.17. The summed E-state index contributed by atoms with van der Waals surface area (Å²) in [6.45, 7) is 6.10. The van der Waals surface area contributed by atoms with Crippen molar-refractivity contribution < 1.29 is 13.9 Å². The zero-order valence-electron chi connectivity index (χ0n) is 16.1. The van der Waals surface area contributed by atoms with Crippen molar-refractivity contribution in [2.24, 2.45) is 0 Å². The molecular weight excluding hydrogens is 371 g/mol. The van der Waals surface area contributed by atoms with Crippen LogP contribution in [0.5, 0.6) is 0 Å².